The first kappa shape index (κ1) is 30.9. The zero-order chi connectivity index (χ0) is 30.7. The molecule has 0 unspecified atom stereocenters. The van der Waals surface area contributed by atoms with Gasteiger partial charge in [-0.1, -0.05) is 17.7 Å². The Labute approximate surface area is 246 Å². The Morgan fingerprint density at radius 1 is 0.500 bits per heavy atom. The van der Waals surface area contributed by atoms with Crippen LogP contribution in [0, 0.1) is 52.2 Å². The number of nitriles is 4. The minimum atomic E-state index is -5.75. The quantitative estimate of drug-likeness (QED) is 0.199. The third-order valence-electron chi connectivity index (χ3n) is 6.26. The molecule has 4 aromatic rings. The molecule has 0 saturated carbocycles. The molecule has 0 radical (unpaired) electrons. The molecule has 0 heterocycles. The normalized spacial score (nSPS) is 9.83. The van der Waals surface area contributed by atoms with Crippen molar-refractivity contribution in [2.24, 2.45) is 0 Å². The summed E-state index contributed by atoms with van der Waals surface area (Å²) in [6.07, 6.45) is 0. The van der Waals surface area contributed by atoms with Crippen LogP contribution in [-0.4, -0.2) is 34.1 Å². The van der Waals surface area contributed by atoms with E-state index < -0.39 is 29.8 Å². The van der Waals surface area contributed by atoms with E-state index in [1.807, 2.05) is 49.4 Å². The maximum atomic E-state index is 13.6. The fourth-order valence-corrected chi connectivity index (χ4v) is 11.9. The maximum absolute atomic E-state index is 13.6. The Morgan fingerprint density at radius 3 is 0.952 bits per heavy atom. The van der Waals surface area contributed by atoms with Crippen LogP contribution in [0.4, 0.5) is 0 Å². The van der Waals surface area contributed by atoms with E-state index in [0.29, 0.717) is 0 Å². The van der Waals surface area contributed by atoms with Crippen LogP contribution in [0.1, 0.15) is 58.9 Å². The number of hydrogen-bond acceptors (Lipinski definition) is 8. The minimum absolute atomic E-state index is 0.0131. The number of hydrogen-bond donors (Lipinski definition) is 0. The van der Waals surface area contributed by atoms with Crippen LogP contribution in [0.15, 0.2) is 97.1 Å². The molecule has 0 saturated heterocycles. The molecule has 0 aromatic heterocycles. The van der Waals surface area contributed by atoms with Crippen LogP contribution in [0.5, 0.6) is 0 Å². The number of rotatable bonds is 7. The van der Waals surface area contributed by atoms with Gasteiger partial charge >= 0.3 is 193 Å². The molecule has 0 fully saturated rings. The van der Waals surface area contributed by atoms with Crippen molar-refractivity contribution in [1.82, 2.24) is 0 Å². The molecule has 0 spiro atoms. The Morgan fingerprint density at radius 2 is 0.738 bits per heavy atom. The van der Waals surface area contributed by atoms with E-state index in [1.54, 1.807) is 0 Å². The molecule has 0 bridgehead atoms. The summed E-state index contributed by atoms with van der Waals surface area (Å²) < 4.78 is -2.29. The summed E-state index contributed by atoms with van der Waals surface area (Å²) in [6, 6.07) is 31.4. The van der Waals surface area contributed by atoms with Crippen molar-refractivity contribution in [3.8, 4) is 24.3 Å². The van der Waals surface area contributed by atoms with Crippen LogP contribution in [0.2, 0.25) is 0 Å². The van der Waals surface area contributed by atoms with Crippen LogP contribution in [0.3, 0.4) is 0 Å². The Bertz CT molecular complexity index is 1650. The summed E-state index contributed by atoms with van der Waals surface area (Å²) in [5.74, 6) is 0. The van der Waals surface area contributed by atoms with Gasteiger partial charge in [-0.3, -0.25) is 0 Å². The molecule has 42 heavy (non-hydrogen) atoms. The fourth-order valence-electron chi connectivity index (χ4n) is 3.87. The van der Waals surface area contributed by atoms with E-state index in [-0.39, 0.29) is 37.7 Å². The van der Waals surface area contributed by atoms with Crippen LogP contribution >= 0.6 is 0 Å². The monoisotopic (exact) mass is 656 g/mol. The number of carbonyl (C=O) groups excluding carboxylic acids is 4. The molecule has 0 aliphatic heterocycles. The first-order chi connectivity index (χ1) is 20.2. The first-order valence-corrected chi connectivity index (χ1v) is 18.2. The van der Waals surface area contributed by atoms with E-state index in [4.69, 9.17) is 21.0 Å². The third kappa shape index (κ3) is 6.72. The standard InChI is InChI=1S/3C8H4NO.C8H7N.CHO.Sn/c3*9-5-7-1-3-8(6-10)4-2-7;1-7-2-4-8(6-9)5-3-7;1-2;/h3*1-4H;2-5H,1H3;1H;. The molecular weight excluding hydrogens is 635 g/mol. The van der Waals surface area contributed by atoms with Gasteiger partial charge in [0.25, 0.3) is 0 Å². The molecule has 4 aromatic carbocycles. The Hall–Kier alpha value is -5.68. The first-order valence-electron chi connectivity index (χ1n) is 12.3. The van der Waals surface area contributed by atoms with Crippen LogP contribution in [0.25, 0.3) is 0 Å². The average molecular weight is 655 g/mol. The van der Waals surface area contributed by atoms with Crippen LogP contribution in [-0.2, 0) is 4.79 Å². The predicted octanol–water partition coefficient (Wildman–Crippen LogP) is 4.96. The SMILES string of the molecule is Cc1ccc(C#N)cc1.N#Cc1ccc([C](=O)[Sn]([CH]=O)([C](=O)c2ccc(C#N)cc2)[C](=O)c2ccc(C#N)cc2)cc1. The van der Waals surface area contributed by atoms with E-state index in [9.17, 15) is 19.2 Å². The Kier molecular flexibility index (Phi) is 10.4. The van der Waals surface area contributed by atoms with E-state index in [0.717, 1.165) is 5.56 Å². The molecule has 0 aliphatic rings. The zero-order valence-electron chi connectivity index (χ0n) is 22.2. The molecule has 9 heteroatoms. The van der Waals surface area contributed by atoms with Crippen molar-refractivity contribution in [3.05, 3.63) is 142 Å². The number of carbonyl (C=O) groups is 4. The summed E-state index contributed by atoms with van der Waals surface area (Å²) in [4.78, 5) is 53.3. The van der Waals surface area contributed by atoms with Gasteiger partial charge in [-0.15, -0.1) is 0 Å². The summed E-state index contributed by atoms with van der Waals surface area (Å²) in [7, 11) is 0. The number of nitrogens with zero attached hydrogens (tertiary/aromatic N) is 4. The van der Waals surface area contributed by atoms with Gasteiger partial charge < -0.3 is 0 Å². The number of benzene rings is 4. The zero-order valence-corrected chi connectivity index (χ0v) is 25.1. The van der Waals surface area contributed by atoms with E-state index in [2.05, 4.69) is 6.07 Å². The van der Waals surface area contributed by atoms with E-state index >= 15 is 0 Å². The fraction of sp³-hybridized carbons (Fsp3) is 0.0303. The van der Waals surface area contributed by atoms with Crippen molar-refractivity contribution in [2.45, 2.75) is 6.92 Å². The van der Waals surface area contributed by atoms with Crippen molar-refractivity contribution in [1.29, 1.82) is 21.0 Å². The average Bonchev–Trinajstić information content (AvgIpc) is 3.05. The predicted molar refractivity (Wildman–Crippen MR) is 155 cm³/mol. The van der Waals surface area contributed by atoms with Gasteiger partial charge in [0.05, 0.1) is 11.6 Å². The van der Waals surface area contributed by atoms with Gasteiger partial charge in [0.15, 0.2) is 0 Å². The van der Waals surface area contributed by atoms with Crippen molar-refractivity contribution in [3.63, 3.8) is 0 Å². The van der Waals surface area contributed by atoms with Gasteiger partial charge in [0.2, 0.25) is 0 Å². The second kappa shape index (κ2) is 14.1. The van der Waals surface area contributed by atoms with E-state index in [1.165, 1.54) is 78.4 Å². The Balaban J connectivity index is 0.000000458. The van der Waals surface area contributed by atoms with Crippen molar-refractivity contribution < 1.29 is 19.2 Å². The van der Waals surface area contributed by atoms with Gasteiger partial charge in [0.1, 0.15) is 0 Å². The van der Waals surface area contributed by atoms with Crippen LogP contribution < -0.4 is 0 Å². The van der Waals surface area contributed by atoms with Gasteiger partial charge in [0, 0.05) is 0 Å². The summed E-state index contributed by atoms with van der Waals surface area (Å²) in [5.41, 5.74) is 2.69. The molecule has 0 N–H and O–H groups in total. The molecule has 8 nitrogen and oxygen atoms in total. The topological polar surface area (TPSA) is 163 Å². The molecule has 0 atom stereocenters. The molecular formula is C33H20N4O4Sn. The third-order valence-corrected chi connectivity index (χ3v) is 15.9. The summed E-state index contributed by atoms with van der Waals surface area (Å²) in [5, 5.41) is 35.4. The van der Waals surface area contributed by atoms with Crippen molar-refractivity contribution in [2.75, 3.05) is 0 Å². The van der Waals surface area contributed by atoms with Gasteiger partial charge in [-0.25, -0.2) is 0 Å². The van der Waals surface area contributed by atoms with Crippen molar-refractivity contribution >= 4 is 34.1 Å². The second-order valence-electron chi connectivity index (χ2n) is 8.96. The molecule has 0 amide bonds. The van der Waals surface area contributed by atoms with Gasteiger partial charge in [-0.05, 0) is 19.1 Å². The summed E-state index contributed by atoms with van der Waals surface area (Å²) in [6.45, 7) is 2.00. The molecule has 4 rings (SSSR count). The second-order valence-corrected chi connectivity index (χ2v) is 18.1. The molecule has 0 aliphatic carbocycles. The number of aryl methyl sites for hydroxylation is 1. The van der Waals surface area contributed by atoms with Gasteiger partial charge in [-0.2, -0.15) is 5.26 Å². The molecule has 200 valence electrons. The summed E-state index contributed by atoms with van der Waals surface area (Å²) >= 11 is -5.75.